The van der Waals surface area contributed by atoms with Gasteiger partial charge in [-0.05, 0) is 41.5 Å². The molecule has 2 aromatic carbocycles. The van der Waals surface area contributed by atoms with Gasteiger partial charge in [0.2, 0.25) is 0 Å². The zero-order valence-electron chi connectivity index (χ0n) is 10.4. The second-order valence-corrected chi connectivity index (χ2v) is 4.58. The molecule has 0 saturated carbocycles. The number of rotatable bonds is 3. The summed E-state index contributed by atoms with van der Waals surface area (Å²) in [5, 5.41) is 9.28. The lowest BCUT2D eigenvalue weighted by molar-refractivity contribution is 0.0519. The van der Waals surface area contributed by atoms with Gasteiger partial charge in [0, 0.05) is 6.42 Å². The molecule has 3 heteroatoms. The second-order valence-electron chi connectivity index (χ2n) is 4.58. The maximum Gasteiger partial charge on any atom is 0.115 e. The Labute approximate surface area is 112 Å². The first-order valence-electron chi connectivity index (χ1n) is 6.28. The van der Waals surface area contributed by atoms with E-state index in [1.54, 1.807) is 12.1 Å². The molecule has 1 aliphatic heterocycles. The molecule has 0 radical (unpaired) electrons. The Morgan fingerprint density at radius 2 is 1.74 bits per heavy atom. The van der Waals surface area contributed by atoms with E-state index in [9.17, 15) is 5.11 Å². The monoisotopic (exact) mass is 253 g/mol. The number of benzene rings is 2. The molecule has 1 heterocycles. The highest BCUT2D eigenvalue weighted by Gasteiger charge is 2.17. The standard InChI is InChI=1S/C16H15NO2/c18-14-8-6-13(7-9-14)16-11-15(19-17-16)10-12-4-2-1-3-5-12/h1-9,11,15,17-18H,10H2. The van der Waals surface area contributed by atoms with Crippen LogP contribution in [-0.2, 0) is 11.3 Å². The van der Waals surface area contributed by atoms with Crippen LogP contribution >= 0.6 is 0 Å². The van der Waals surface area contributed by atoms with E-state index in [1.165, 1.54) is 5.56 Å². The molecule has 0 aliphatic carbocycles. The van der Waals surface area contributed by atoms with E-state index in [4.69, 9.17) is 4.84 Å². The van der Waals surface area contributed by atoms with Crippen molar-refractivity contribution in [1.29, 1.82) is 0 Å². The molecule has 1 aliphatic rings. The predicted molar refractivity (Wildman–Crippen MR) is 74.2 cm³/mol. The van der Waals surface area contributed by atoms with Crippen LogP contribution in [0.5, 0.6) is 5.75 Å². The van der Waals surface area contributed by atoms with Crippen LogP contribution in [0.3, 0.4) is 0 Å². The summed E-state index contributed by atoms with van der Waals surface area (Å²) in [6, 6.07) is 17.3. The Balaban J connectivity index is 1.72. The zero-order valence-corrected chi connectivity index (χ0v) is 10.4. The van der Waals surface area contributed by atoms with Crippen molar-refractivity contribution < 1.29 is 9.94 Å². The molecule has 0 fully saturated rings. The third-order valence-electron chi connectivity index (χ3n) is 3.13. The Hall–Kier alpha value is -2.26. The largest absolute Gasteiger partial charge is 0.508 e. The molecule has 1 atom stereocenters. The Kier molecular flexibility index (Phi) is 3.21. The highest BCUT2D eigenvalue weighted by atomic mass is 16.7. The summed E-state index contributed by atoms with van der Waals surface area (Å²) in [6.07, 6.45) is 2.95. The molecule has 1 unspecified atom stereocenters. The Morgan fingerprint density at radius 3 is 2.47 bits per heavy atom. The number of phenolic OH excluding ortho intramolecular Hbond substituents is 1. The number of nitrogens with one attached hydrogen (secondary N) is 1. The summed E-state index contributed by atoms with van der Waals surface area (Å²) in [6.45, 7) is 0. The summed E-state index contributed by atoms with van der Waals surface area (Å²) < 4.78 is 0. The topological polar surface area (TPSA) is 41.5 Å². The smallest absolute Gasteiger partial charge is 0.115 e. The van der Waals surface area contributed by atoms with Gasteiger partial charge >= 0.3 is 0 Å². The van der Waals surface area contributed by atoms with Crippen LogP contribution in [0.25, 0.3) is 5.70 Å². The highest BCUT2D eigenvalue weighted by molar-refractivity contribution is 5.65. The number of aromatic hydroxyl groups is 1. The quantitative estimate of drug-likeness (QED) is 0.883. The number of hydrogen-bond acceptors (Lipinski definition) is 3. The third-order valence-corrected chi connectivity index (χ3v) is 3.13. The van der Waals surface area contributed by atoms with E-state index in [-0.39, 0.29) is 11.9 Å². The van der Waals surface area contributed by atoms with Crippen LogP contribution in [0, 0.1) is 0 Å². The first-order valence-corrected chi connectivity index (χ1v) is 6.28. The van der Waals surface area contributed by atoms with E-state index in [1.807, 2.05) is 30.3 Å². The number of hydrogen-bond donors (Lipinski definition) is 2. The summed E-state index contributed by atoms with van der Waals surface area (Å²) in [5.41, 5.74) is 6.14. The van der Waals surface area contributed by atoms with Crippen molar-refractivity contribution in [2.24, 2.45) is 0 Å². The zero-order chi connectivity index (χ0) is 13.1. The van der Waals surface area contributed by atoms with Crippen molar-refractivity contribution in [3.05, 3.63) is 71.8 Å². The van der Waals surface area contributed by atoms with Crippen LogP contribution in [-0.4, -0.2) is 11.2 Å². The lowest BCUT2D eigenvalue weighted by atomic mass is 10.1. The normalized spacial score (nSPS) is 17.9. The molecular formula is C16H15NO2. The summed E-state index contributed by atoms with van der Waals surface area (Å²) in [5.74, 6) is 0.268. The molecular weight excluding hydrogens is 238 g/mol. The van der Waals surface area contributed by atoms with Gasteiger partial charge in [0.1, 0.15) is 11.9 Å². The average Bonchev–Trinajstić information content (AvgIpc) is 2.89. The maximum absolute atomic E-state index is 9.28. The molecule has 3 nitrogen and oxygen atoms in total. The minimum atomic E-state index is 0.0335. The van der Waals surface area contributed by atoms with Crippen molar-refractivity contribution >= 4 is 5.70 Å². The first kappa shape index (κ1) is 11.8. The lowest BCUT2D eigenvalue weighted by Crippen LogP contribution is -2.14. The second kappa shape index (κ2) is 5.16. The average molecular weight is 253 g/mol. The fourth-order valence-electron chi connectivity index (χ4n) is 2.14. The van der Waals surface area contributed by atoms with Gasteiger partial charge in [-0.25, -0.2) is 0 Å². The highest BCUT2D eigenvalue weighted by Crippen LogP contribution is 2.22. The van der Waals surface area contributed by atoms with Crippen molar-refractivity contribution in [1.82, 2.24) is 5.48 Å². The van der Waals surface area contributed by atoms with E-state index in [0.717, 1.165) is 17.7 Å². The SMILES string of the molecule is Oc1ccc(C2=CC(Cc3ccccc3)ON2)cc1. The number of hydroxylamine groups is 1. The maximum atomic E-state index is 9.28. The van der Waals surface area contributed by atoms with Gasteiger partial charge in [0.15, 0.2) is 0 Å². The lowest BCUT2D eigenvalue weighted by Gasteiger charge is -2.07. The fourth-order valence-corrected chi connectivity index (χ4v) is 2.14. The Bertz CT molecular complexity index is 575. The molecule has 0 bridgehead atoms. The van der Waals surface area contributed by atoms with E-state index >= 15 is 0 Å². The molecule has 0 saturated heterocycles. The van der Waals surface area contributed by atoms with Crippen molar-refractivity contribution in [3.63, 3.8) is 0 Å². The molecule has 2 aromatic rings. The van der Waals surface area contributed by atoms with E-state index in [0.29, 0.717) is 0 Å². The summed E-state index contributed by atoms with van der Waals surface area (Å²) in [7, 11) is 0. The molecule has 0 amide bonds. The predicted octanol–water partition coefficient (Wildman–Crippen LogP) is 2.88. The molecule has 2 N–H and O–H groups in total. The molecule has 3 rings (SSSR count). The van der Waals surface area contributed by atoms with Crippen LogP contribution in [0.1, 0.15) is 11.1 Å². The summed E-state index contributed by atoms with van der Waals surface area (Å²) in [4.78, 5) is 5.55. The molecule has 96 valence electrons. The van der Waals surface area contributed by atoms with Crippen LogP contribution in [0.2, 0.25) is 0 Å². The van der Waals surface area contributed by atoms with Crippen LogP contribution < -0.4 is 5.48 Å². The van der Waals surface area contributed by atoms with Gasteiger partial charge < -0.3 is 5.11 Å². The van der Waals surface area contributed by atoms with Gasteiger partial charge in [-0.2, -0.15) is 0 Å². The van der Waals surface area contributed by atoms with E-state index < -0.39 is 0 Å². The molecule has 0 aromatic heterocycles. The molecule has 19 heavy (non-hydrogen) atoms. The first-order chi connectivity index (χ1) is 9.31. The number of phenols is 1. The van der Waals surface area contributed by atoms with Gasteiger partial charge in [-0.15, -0.1) is 0 Å². The van der Waals surface area contributed by atoms with Crippen molar-refractivity contribution in [2.75, 3.05) is 0 Å². The van der Waals surface area contributed by atoms with Gasteiger partial charge in [0.25, 0.3) is 0 Å². The molecule has 0 spiro atoms. The van der Waals surface area contributed by atoms with Crippen LogP contribution in [0.15, 0.2) is 60.7 Å². The fraction of sp³-hybridized carbons (Fsp3) is 0.125. The van der Waals surface area contributed by atoms with E-state index in [2.05, 4.69) is 23.7 Å². The van der Waals surface area contributed by atoms with Gasteiger partial charge in [-0.3, -0.25) is 10.3 Å². The minimum Gasteiger partial charge on any atom is -0.508 e. The summed E-state index contributed by atoms with van der Waals surface area (Å²) >= 11 is 0. The van der Waals surface area contributed by atoms with Gasteiger partial charge in [-0.1, -0.05) is 30.3 Å². The van der Waals surface area contributed by atoms with Gasteiger partial charge in [0.05, 0.1) is 5.70 Å². The van der Waals surface area contributed by atoms with Crippen molar-refractivity contribution in [3.8, 4) is 5.75 Å². The van der Waals surface area contributed by atoms with Crippen LogP contribution in [0.4, 0.5) is 0 Å². The third kappa shape index (κ3) is 2.77. The Morgan fingerprint density at radius 1 is 1.00 bits per heavy atom. The minimum absolute atomic E-state index is 0.0335. The van der Waals surface area contributed by atoms with Crippen molar-refractivity contribution in [2.45, 2.75) is 12.5 Å².